The number of anilines is 1. The lowest BCUT2D eigenvalue weighted by molar-refractivity contribution is -0.135. The second-order valence-corrected chi connectivity index (χ2v) is 6.04. The van der Waals surface area contributed by atoms with Gasteiger partial charge in [-0.05, 0) is 12.1 Å². The van der Waals surface area contributed by atoms with Crippen LogP contribution in [0.2, 0.25) is 5.02 Å². The van der Waals surface area contributed by atoms with E-state index in [0.717, 1.165) is 36.9 Å². The van der Waals surface area contributed by atoms with E-state index in [0.29, 0.717) is 6.54 Å². The van der Waals surface area contributed by atoms with Gasteiger partial charge in [-0.3, -0.25) is 14.5 Å². The molecule has 1 aliphatic heterocycles. The molecular weight excluding hydrogens is 316 g/mol. The molecule has 23 heavy (non-hydrogen) atoms. The van der Waals surface area contributed by atoms with Crippen LogP contribution in [0.5, 0.6) is 0 Å². The van der Waals surface area contributed by atoms with Crippen LogP contribution >= 0.6 is 11.6 Å². The summed E-state index contributed by atoms with van der Waals surface area (Å²) in [5.74, 6) is -0.204. The molecule has 1 fully saturated rings. The van der Waals surface area contributed by atoms with Crippen LogP contribution in [0.1, 0.15) is 0 Å². The van der Waals surface area contributed by atoms with Gasteiger partial charge >= 0.3 is 0 Å². The van der Waals surface area contributed by atoms with E-state index >= 15 is 0 Å². The largest absolute Gasteiger partial charge is 0.368 e. The number of likely N-dealkylation sites (N-methyl/N-ethyl adjacent to an activating group) is 2. The average molecular weight is 339 g/mol. The lowest BCUT2D eigenvalue weighted by atomic mass is 10.2. The van der Waals surface area contributed by atoms with Crippen LogP contribution in [0, 0.1) is 0 Å². The summed E-state index contributed by atoms with van der Waals surface area (Å²) >= 11 is 6.23. The van der Waals surface area contributed by atoms with Gasteiger partial charge in [0, 0.05) is 40.3 Å². The Morgan fingerprint density at radius 3 is 2.48 bits per heavy atom. The highest BCUT2D eigenvalue weighted by atomic mass is 35.5. The van der Waals surface area contributed by atoms with Crippen molar-refractivity contribution in [2.24, 2.45) is 0 Å². The molecule has 0 spiro atoms. The number of hydrogen-bond acceptors (Lipinski definition) is 4. The van der Waals surface area contributed by atoms with Gasteiger partial charge in [0.2, 0.25) is 11.8 Å². The van der Waals surface area contributed by atoms with Gasteiger partial charge in [-0.15, -0.1) is 0 Å². The van der Waals surface area contributed by atoms with E-state index in [2.05, 4.69) is 15.1 Å². The van der Waals surface area contributed by atoms with E-state index in [4.69, 9.17) is 11.6 Å². The molecule has 1 aromatic carbocycles. The van der Waals surface area contributed by atoms with Crippen molar-refractivity contribution < 1.29 is 9.59 Å². The molecule has 0 aromatic heterocycles. The Balaban J connectivity index is 1.82. The lowest BCUT2D eigenvalue weighted by Gasteiger charge is -2.36. The van der Waals surface area contributed by atoms with E-state index < -0.39 is 0 Å². The number of hydrogen-bond donors (Lipinski definition) is 1. The topological polar surface area (TPSA) is 55.9 Å². The number of rotatable bonds is 5. The minimum Gasteiger partial charge on any atom is -0.368 e. The van der Waals surface area contributed by atoms with Gasteiger partial charge < -0.3 is 15.1 Å². The molecule has 1 N–H and O–H groups in total. The minimum absolute atomic E-state index is 0.0419. The Morgan fingerprint density at radius 2 is 1.87 bits per heavy atom. The number of piperazine rings is 1. The molecule has 0 unspecified atom stereocenters. The minimum atomic E-state index is -0.163. The first-order valence-electron chi connectivity index (χ1n) is 7.67. The van der Waals surface area contributed by atoms with Gasteiger partial charge in [-0.25, -0.2) is 0 Å². The van der Waals surface area contributed by atoms with Gasteiger partial charge in [0.15, 0.2) is 0 Å². The summed E-state index contributed by atoms with van der Waals surface area (Å²) in [6.45, 7) is 3.68. The van der Waals surface area contributed by atoms with E-state index in [1.807, 2.05) is 24.3 Å². The fraction of sp³-hybridized carbons (Fsp3) is 0.500. The third-order valence-corrected chi connectivity index (χ3v) is 4.33. The summed E-state index contributed by atoms with van der Waals surface area (Å²) in [6.07, 6.45) is 0. The number of carbonyl (C=O) groups is 2. The van der Waals surface area contributed by atoms with Crippen molar-refractivity contribution in [3.05, 3.63) is 29.3 Å². The molecule has 0 radical (unpaired) electrons. The smallest absolute Gasteiger partial charge is 0.239 e. The van der Waals surface area contributed by atoms with Crippen molar-refractivity contribution in [3.63, 3.8) is 0 Å². The molecule has 1 aliphatic rings. The molecule has 2 amide bonds. The highest BCUT2D eigenvalue weighted by molar-refractivity contribution is 6.33. The van der Waals surface area contributed by atoms with E-state index in [1.54, 1.807) is 14.1 Å². The van der Waals surface area contributed by atoms with E-state index in [1.165, 1.54) is 4.90 Å². The number of halogens is 1. The Hall–Kier alpha value is -1.79. The molecule has 0 atom stereocenters. The summed E-state index contributed by atoms with van der Waals surface area (Å²) in [7, 11) is 3.21. The number of para-hydroxylation sites is 1. The van der Waals surface area contributed by atoms with Gasteiger partial charge in [0.1, 0.15) is 0 Å². The monoisotopic (exact) mass is 338 g/mol. The predicted octanol–water partition coefficient (Wildman–Crippen LogP) is 0.666. The molecule has 1 heterocycles. The van der Waals surface area contributed by atoms with Crippen molar-refractivity contribution in [1.82, 2.24) is 15.1 Å². The van der Waals surface area contributed by atoms with Crippen LogP contribution in [0.15, 0.2) is 24.3 Å². The standard InChI is InChI=1S/C16H23ClN4O2/c1-18-15(22)11-19(2)16(23)12-20-7-9-21(10-8-20)14-6-4-3-5-13(14)17/h3-6H,7-12H2,1-2H3,(H,18,22). The van der Waals surface area contributed by atoms with Crippen molar-refractivity contribution in [3.8, 4) is 0 Å². The summed E-state index contributed by atoms with van der Waals surface area (Å²) in [6, 6.07) is 7.80. The first-order valence-corrected chi connectivity index (χ1v) is 8.05. The van der Waals surface area contributed by atoms with Crippen LogP contribution in [-0.4, -0.2) is 75.0 Å². The number of carbonyl (C=O) groups excluding carboxylic acids is 2. The van der Waals surface area contributed by atoms with Gasteiger partial charge in [0.25, 0.3) is 0 Å². The van der Waals surface area contributed by atoms with Crippen LogP contribution in [0.3, 0.4) is 0 Å². The molecule has 2 rings (SSSR count). The van der Waals surface area contributed by atoms with Crippen LogP contribution in [0.4, 0.5) is 5.69 Å². The molecule has 0 aliphatic carbocycles. The lowest BCUT2D eigenvalue weighted by Crippen LogP contribution is -2.50. The molecule has 126 valence electrons. The summed E-state index contributed by atoms with van der Waals surface area (Å²) in [5, 5.41) is 3.27. The zero-order valence-electron chi connectivity index (χ0n) is 13.6. The first-order chi connectivity index (χ1) is 11.0. The maximum Gasteiger partial charge on any atom is 0.239 e. The second-order valence-electron chi connectivity index (χ2n) is 5.64. The van der Waals surface area contributed by atoms with E-state index in [-0.39, 0.29) is 18.4 Å². The third kappa shape index (κ3) is 4.84. The predicted molar refractivity (Wildman–Crippen MR) is 91.8 cm³/mol. The van der Waals surface area contributed by atoms with Crippen molar-refractivity contribution in [2.75, 3.05) is 58.3 Å². The Bertz CT molecular complexity index is 559. The summed E-state index contributed by atoms with van der Waals surface area (Å²) in [4.78, 5) is 29.2. The number of benzene rings is 1. The highest BCUT2D eigenvalue weighted by Gasteiger charge is 2.22. The molecular formula is C16H23ClN4O2. The maximum atomic E-state index is 12.1. The molecule has 0 saturated carbocycles. The van der Waals surface area contributed by atoms with Gasteiger partial charge in [-0.1, -0.05) is 23.7 Å². The summed E-state index contributed by atoms with van der Waals surface area (Å²) in [5.41, 5.74) is 1.04. The molecule has 1 aromatic rings. The molecule has 1 saturated heterocycles. The number of amides is 2. The van der Waals surface area contributed by atoms with Crippen LogP contribution < -0.4 is 10.2 Å². The third-order valence-electron chi connectivity index (χ3n) is 4.01. The van der Waals surface area contributed by atoms with Gasteiger partial charge in [0.05, 0.1) is 23.8 Å². The van der Waals surface area contributed by atoms with Crippen LogP contribution in [0.25, 0.3) is 0 Å². The molecule has 0 bridgehead atoms. The first kappa shape index (κ1) is 17.6. The second kappa shape index (κ2) is 8.17. The molecule has 7 heteroatoms. The summed E-state index contributed by atoms with van der Waals surface area (Å²) < 4.78 is 0. The fourth-order valence-electron chi connectivity index (χ4n) is 2.55. The highest BCUT2D eigenvalue weighted by Crippen LogP contribution is 2.25. The Kier molecular flexibility index (Phi) is 6.24. The van der Waals surface area contributed by atoms with Gasteiger partial charge in [-0.2, -0.15) is 0 Å². The SMILES string of the molecule is CNC(=O)CN(C)C(=O)CN1CCN(c2ccccc2Cl)CC1. The van der Waals surface area contributed by atoms with Crippen molar-refractivity contribution in [1.29, 1.82) is 0 Å². The normalized spacial score (nSPS) is 15.3. The molecule has 6 nitrogen and oxygen atoms in total. The quantitative estimate of drug-likeness (QED) is 0.857. The zero-order chi connectivity index (χ0) is 16.8. The zero-order valence-corrected chi connectivity index (χ0v) is 14.3. The Labute approximate surface area is 142 Å². The maximum absolute atomic E-state index is 12.1. The number of nitrogens with one attached hydrogen (secondary N) is 1. The fourth-order valence-corrected chi connectivity index (χ4v) is 2.80. The van der Waals surface area contributed by atoms with E-state index in [9.17, 15) is 9.59 Å². The van der Waals surface area contributed by atoms with Crippen molar-refractivity contribution in [2.45, 2.75) is 0 Å². The number of nitrogens with zero attached hydrogens (tertiary/aromatic N) is 3. The average Bonchev–Trinajstić information content (AvgIpc) is 2.56. The van der Waals surface area contributed by atoms with Crippen LogP contribution in [-0.2, 0) is 9.59 Å². The van der Waals surface area contributed by atoms with Crippen molar-refractivity contribution >= 4 is 29.1 Å². The Morgan fingerprint density at radius 1 is 1.22 bits per heavy atom.